The molecule has 0 saturated carbocycles. The van der Waals surface area contributed by atoms with Crippen LogP contribution in [-0.4, -0.2) is 28.4 Å². The summed E-state index contributed by atoms with van der Waals surface area (Å²) in [7, 11) is 0. The molecule has 1 N–H and O–H groups in total. The lowest BCUT2D eigenvalue weighted by Gasteiger charge is -2.24. The number of rotatable bonds is 5. The lowest BCUT2D eigenvalue weighted by Crippen LogP contribution is -2.29. The van der Waals surface area contributed by atoms with Gasteiger partial charge >= 0.3 is 5.91 Å². The standard InChI is InChI=1S/C30H27FN2O4S/c1-5-37-21-13-8-18(9-14-21)26(34)24-25(17-6-10-19(11-7-17)30(2,3)4)33(28(36)27(24)35)29-32-22-15-12-20(31)16-23(22)38-29/h6-16,25,34H,5H2,1-4H3. The van der Waals surface area contributed by atoms with Gasteiger partial charge in [-0.2, -0.15) is 0 Å². The molecule has 4 aromatic rings. The SMILES string of the molecule is CCOc1ccc(C(O)=C2C(=O)C(=O)N(c3nc4ccc(F)cc4s3)C2c2ccc(C(C)(C)C)cc2)cc1. The molecule has 1 unspecified atom stereocenters. The van der Waals surface area contributed by atoms with Crippen molar-refractivity contribution in [3.05, 3.63) is 94.8 Å². The van der Waals surface area contributed by atoms with E-state index in [2.05, 4.69) is 25.8 Å². The van der Waals surface area contributed by atoms with Crippen molar-refractivity contribution < 1.29 is 23.8 Å². The van der Waals surface area contributed by atoms with Crippen LogP contribution in [0.15, 0.2) is 72.3 Å². The summed E-state index contributed by atoms with van der Waals surface area (Å²) in [6.07, 6.45) is 0. The number of thiazole rings is 1. The number of carbonyl (C=O) groups excluding carboxylic acids is 2. The highest BCUT2D eigenvalue weighted by Crippen LogP contribution is 2.44. The van der Waals surface area contributed by atoms with Gasteiger partial charge in [0.25, 0.3) is 5.78 Å². The third-order valence-corrected chi connectivity index (χ3v) is 7.54. The van der Waals surface area contributed by atoms with Crippen molar-refractivity contribution in [2.24, 2.45) is 0 Å². The molecule has 1 fully saturated rings. The zero-order valence-electron chi connectivity index (χ0n) is 21.5. The molecule has 6 nitrogen and oxygen atoms in total. The second kappa shape index (κ2) is 9.68. The Morgan fingerprint density at radius 1 is 1.05 bits per heavy atom. The topological polar surface area (TPSA) is 79.7 Å². The highest BCUT2D eigenvalue weighted by Gasteiger charge is 2.48. The van der Waals surface area contributed by atoms with E-state index in [0.29, 0.717) is 33.7 Å². The average Bonchev–Trinajstić information content (AvgIpc) is 3.41. The van der Waals surface area contributed by atoms with Crippen molar-refractivity contribution in [2.75, 3.05) is 11.5 Å². The number of halogens is 1. The van der Waals surface area contributed by atoms with Crippen LogP contribution in [0.3, 0.4) is 0 Å². The van der Waals surface area contributed by atoms with Gasteiger partial charge in [0.1, 0.15) is 17.3 Å². The molecule has 1 saturated heterocycles. The molecule has 1 atom stereocenters. The lowest BCUT2D eigenvalue weighted by atomic mass is 9.85. The zero-order chi connectivity index (χ0) is 27.2. The second-order valence-corrected chi connectivity index (χ2v) is 11.1. The number of amides is 1. The summed E-state index contributed by atoms with van der Waals surface area (Å²) >= 11 is 1.12. The quantitative estimate of drug-likeness (QED) is 0.175. The van der Waals surface area contributed by atoms with Crippen LogP contribution in [0.4, 0.5) is 9.52 Å². The molecule has 8 heteroatoms. The monoisotopic (exact) mass is 530 g/mol. The minimum Gasteiger partial charge on any atom is -0.507 e. The number of carbonyl (C=O) groups is 2. The molecule has 1 aliphatic rings. The van der Waals surface area contributed by atoms with E-state index in [-0.39, 0.29) is 21.9 Å². The summed E-state index contributed by atoms with van der Waals surface area (Å²) in [4.78, 5) is 32.7. The number of nitrogens with zero attached hydrogens (tertiary/aromatic N) is 2. The number of anilines is 1. The minimum absolute atomic E-state index is 0.0342. The largest absolute Gasteiger partial charge is 0.507 e. The van der Waals surface area contributed by atoms with Crippen LogP contribution >= 0.6 is 11.3 Å². The smallest absolute Gasteiger partial charge is 0.301 e. The van der Waals surface area contributed by atoms with Gasteiger partial charge in [0.05, 0.1) is 28.4 Å². The van der Waals surface area contributed by atoms with Gasteiger partial charge in [0, 0.05) is 5.56 Å². The molecule has 1 amide bonds. The van der Waals surface area contributed by atoms with Gasteiger partial charge in [-0.05, 0) is 65.9 Å². The van der Waals surface area contributed by atoms with Crippen molar-refractivity contribution in [3.63, 3.8) is 0 Å². The van der Waals surface area contributed by atoms with E-state index in [4.69, 9.17) is 4.74 Å². The lowest BCUT2D eigenvalue weighted by molar-refractivity contribution is -0.132. The minimum atomic E-state index is -0.916. The predicted octanol–water partition coefficient (Wildman–Crippen LogP) is 6.76. The van der Waals surface area contributed by atoms with Crippen LogP contribution in [0, 0.1) is 5.82 Å². The molecular weight excluding hydrogens is 503 g/mol. The van der Waals surface area contributed by atoms with Crippen LogP contribution in [0.25, 0.3) is 16.0 Å². The average molecular weight is 531 g/mol. The number of ether oxygens (including phenoxy) is 1. The Morgan fingerprint density at radius 3 is 2.37 bits per heavy atom. The van der Waals surface area contributed by atoms with Crippen molar-refractivity contribution in [3.8, 4) is 5.75 Å². The van der Waals surface area contributed by atoms with E-state index >= 15 is 0 Å². The molecule has 194 valence electrons. The van der Waals surface area contributed by atoms with E-state index in [0.717, 1.165) is 16.9 Å². The molecule has 38 heavy (non-hydrogen) atoms. The number of Topliss-reactive ketones (excluding diaryl/α,β-unsaturated/α-hetero) is 1. The highest BCUT2D eigenvalue weighted by atomic mass is 32.1. The van der Waals surface area contributed by atoms with Gasteiger partial charge in [0.2, 0.25) is 0 Å². The molecule has 1 aliphatic heterocycles. The normalized spacial score (nSPS) is 17.4. The fourth-order valence-electron chi connectivity index (χ4n) is 4.53. The summed E-state index contributed by atoms with van der Waals surface area (Å²) in [5.74, 6) is -1.69. The summed E-state index contributed by atoms with van der Waals surface area (Å²) in [5.41, 5.74) is 2.50. The molecule has 0 bridgehead atoms. The molecule has 0 radical (unpaired) electrons. The first kappa shape index (κ1) is 25.6. The van der Waals surface area contributed by atoms with Crippen molar-refractivity contribution >= 4 is 44.1 Å². The molecule has 1 aromatic heterocycles. The number of aromatic nitrogens is 1. The number of aliphatic hydroxyl groups is 1. The molecular formula is C30H27FN2O4S. The van der Waals surface area contributed by atoms with Crippen molar-refractivity contribution in [1.29, 1.82) is 0 Å². The maximum atomic E-state index is 13.9. The maximum absolute atomic E-state index is 13.9. The third-order valence-electron chi connectivity index (χ3n) is 6.52. The number of ketones is 1. The zero-order valence-corrected chi connectivity index (χ0v) is 22.3. The van der Waals surface area contributed by atoms with E-state index < -0.39 is 23.5 Å². The summed E-state index contributed by atoms with van der Waals surface area (Å²) in [6.45, 7) is 8.66. The first-order valence-corrected chi connectivity index (χ1v) is 13.1. The van der Waals surface area contributed by atoms with Crippen LogP contribution in [0.2, 0.25) is 0 Å². The van der Waals surface area contributed by atoms with E-state index in [9.17, 15) is 19.1 Å². The van der Waals surface area contributed by atoms with Gasteiger partial charge in [-0.15, -0.1) is 0 Å². The fraction of sp³-hybridized carbons (Fsp3) is 0.233. The number of hydrogen-bond donors (Lipinski definition) is 1. The van der Waals surface area contributed by atoms with Crippen LogP contribution in [0.1, 0.15) is 50.4 Å². The Balaban J connectivity index is 1.68. The second-order valence-electron chi connectivity index (χ2n) is 10.1. The number of fused-ring (bicyclic) bond motifs is 1. The molecule has 3 aromatic carbocycles. The Bertz CT molecular complexity index is 1570. The molecule has 0 aliphatic carbocycles. The van der Waals surface area contributed by atoms with Crippen molar-refractivity contribution in [1.82, 2.24) is 4.98 Å². The van der Waals surface area contributed by atoms with Crippen LogP contribution in [-0.2, 0) is 15.0 Å². The van der Waals surface area contributed by atoms with E-state index in [1.807, 2.05) is 31.2 Å². The maximum Gasteiger partial charge on any atom is 0.301 e. The Morgan fingerprint density at radius 2 is 1.74 bits per heavy atom. The first-order chi connectivity index (χ1) is 18.1. The van der Waals surface area contributed by atoms with Gasteiger partial charge in [-0.1, -0.05) is 56.4 Å². The number of aliphatic hydroxyl groups excluding tert-OH is 1. The van der Waals surface area contributed by atoms with Gasteiger partial charge < -0.3 is 9.84 Å². The van der Waals surface area contributed by atoms with Gasteiger partial charge in [-0.25, -0.2) is 9.37 Å². The highest BCUT2D eigenvalue weighted by molar-refractivity contribution is 7.22. The molecule has 2 heterocycles. The predicted molar refractivity (Wildman–Crippen MR) is 147 cm³/mol. The number of hydrogen-bond acceptors (Lipinski definition) is 6. The van der Waals surface area contributed by atoms with Crippen LogP contribution in [0.5, 0.6) is 5.75 Å². The summed E-state index contributed by atoms with van der Waals surface area (Å²) in [6, 6.07) is 17.6. The Hall–Kier alpha value is -4.04. The third kappa shape index (κ3) is 4.56. The van der Waals surface area contributed by atoms with Crippen molar-refractivity contribution in [2.45, 2.75) is 39.2 Å². The first-order valence-electron chi connectivity index (χ1n) is 12.3. The summed E-state index contributed by atoms with van der Waals surface area (Å²) in [5, 5.41) is 11.6. The Kier molecular flexibility index (Phi) is 6.53. The molecule has 0 spiro atoms. The van der Waals surface area contributed by atoms with Crippen LogP contribution < -0.4 is 9.64 Å². The van der Waals surface area contributed by atoms with Gasteiger partial charge in [-0.3, -0.25) is 14.5 Å². The van der Waals surface area contributed by atoms with E-state index in [1.165, 1.54) is 23.1 Å². The Labute approximate surface area is 224 Å². The fourth-order valence-corrected chi connectivity index (χ4v) is 5.55. The number of benzene rings is 3. The van der Waals surface area contributed by atoms with E-state index in [1.54, 1.807) is 24.3 Å². The molecule has 5 rings (SSSR count). The summed E-state index contributed by atoms with van der Waals surface area (Å²) < 4.78 is 19.9. The van der Waals surface area contributed by atoms with Gasteiger partial charge in [0.15, 0.2) is 5.13 Å².